The smallest absolute Gasteiger partial charge is 0.317 e. The molecule has 1 aromatic carbocycles. The summed E-state index contributed by atoms with van der Waals surface area (Å²) in [5, 5.41) is 16.3. The van der Waals surface area contributed by atoms with Crippen molar-refractivity contribution in [2.24, 2.45) is 11.3 Å². The SMILES string of the molecule is O=C(O)CN1CC2CN(Cc3ccn[nH]3)CC2(CCc2ccccc2)C1. The molecule has 0 radical (unpaired) electrons. The van der Waals surface area contributed by atoms with Gasteiger partial charge in [0, 0.05) is 50.0 Å². The lowest BCUT2D eigenvalue weighted by molar-refractivity contribution is -0.138. The van der Waals surface area contributed by atoms with Crippen LogP contribution in [0.15, 0.2) is 42.6 Å². The van der Waals surface area contributed by atoms with Gasteiger partial charge in [0.2, 0.25) is 0 Å². The number of aromatic nitrogens is 2. The molecule has 0 saturated carbocycles. The summed E-state index contributed by atoms with van der Waals surface area (Å²) in [6.07, 6.45) is 3.96. The zero-order valence-corrected chi connectivity index (χ0v) is 15.0. The van der Waals surface area contributed by atoms with E-state index in [1.54, 1.807) is 6.20 Å². The topological polar surface area (TPSA) is 72.5 Å². The highest BCUT2D eigenvalue weighted by molar-refractivity contribution is 5.69. The number of likely N-dealkylation sites (tertiary alicyclic amines) is 2. The van der Waals surface area contributed by atoms with E-state index in [2.05, 4.69) is 50.3 Å². The molecule has 138 valence electrons. The largest absolute Gasteiger partial charge is 0.480 e. The highest BCUT2D eigenvalue weighted by atomic mass is 16.4. The molecule has 3 heterocycles. The first-order valence-corrected chi connectivity index (χ1v) is 9.32. The Balaban J connectivity index is 1.47. The lowest BCUT2D eigenvalue weighted by Gasteiger charge is -2.29. The minimum absolute atomic E-state index is 0.157. The minimum atomic E-state index is -0.725. The number of carbonyl (C=O) groups is 1. The van der Waals surface area contributed by atoms with Gasteiger partial charge in [-0.05, 0) is 30.4 Å². The molecule has 2 atom stereocenters. The molecule has 2 saturated heterocycles. The van der Waals surface area contributed by atoms with Crippen molar-refractivity contribution in [3.63, 3.8) is 0 Å². The van der Waals surface area contributed by atoms with Crippen LogP contribution in [0.25, 0.3) is 0 Å². The zero-order valence-electron chi connectivity index (χ0n) is 15.0. The van der Waals surface area contributed by atoms with E-state index in [0.717, 1.165) is 51.3 Å². The highest BCUT2D eigenvalue weighted by Crippen LogP contribution is 2.46. The third-order valence-electron chi connectivity index (χ3n) is 5.97. The van der Waals surface area contributed by atoms with Gasteiger partial charge in [0.05, 0.1) is 6.54 Å². The second-order valence-electron chi connectivity index (χ2n) is 7.86. The molecule has 4 rings (SSSR count). The lowest BCUT2D eigenvalue weighted by Crippen LogP contribution is -2.36. The Bertz CT molecular complexity index is 734. The quantitative estimate of drug-likeness (QED) is 0.794. The van der Waals surface area contributed by atoms with Gasteiger partial charge in [-0.2, -0.15) is 5.10 Å². The molecule has 2 aliphatic heterocycles. The predicted molar refractivity (Wildman–Crippen MR) is 98.6 cm³/mol. The summed E-state index contributed by atoms with van der Waals surface area (Å²) in [5.41, 5.74) is 2.69. The van der Waals surface area contributed by atoms with Gasteiger partial charge in [-0.1, -0.05) is 30.3 Å². The number of benzene rings is 1. The van der Waals surface area contributed by atoms with E-state index in [-0.39, 0.29) is 12.0 Å². The Morgan fingerprint density at radius 3 is 2.69 bits per heavy atom. The Morgan fingerprint density at radius 1 is 1.19 bits per heavy atom. The van der Waals surface area contributed by atoms with Gasteiger partial charge in [-0.25, -0.2) is 0 Å². The first kappa shape index (κ1) is 17.2. The molecule has 1 aromatic heterocycles. The maximum Gasteiger partial charge on any atom is 0.317 e. The molecule has 2 fully saturated rings. The van der Waals surface area contributed by atoms with Crippen molar-refractivity contribution in [3.8, 4) is 0 Å². The molecule has 2 unspecified atom stereocenters. The molecule has 2 aliphatic rings. The van der Waals surface area contributed by atoms with Crippen LogP contribution in [0.5, 0.6) is 0 Å². The molecule has 0 amide bonds. The Morgan fingerprint density at radius 2 is 1.96 bits per heavy atom. The fourth-order valence-electron chi connectivity index (χ4n) is 4.84. The van der Waals surface area contributed by atoms with Crippen molar-refractivity contribution >= 4 is 5.97 Å². The Kier molecular flexibility index (Phi) is 4.78. The summed E-state index contributed by atoms with van der Waals surface area (Å²) in [6.45, 7) is 4.88. The van der Waals surface area contributed by atoms with Gasteiger partial charge in [-0.15, -0.1) is 0 Å². The molecule has 0 spiro atoms. The number of aliphatic carboxylic acids is 1. The van der Waals surface area contributed by atoms with Crippen molar-refractivity contribution in [3.05, 3.63) is 53.9 Å². The van der Waals surface area contributed by atoms with Gasteiger partial charge in [-0.3, -0.25) is 19.7 Å². The Hall–Kier alpha value is -2.18. The van der Waals surface area contributed by atoms with E-state index in [9.17, 15) is 9.90 Å². The summed E-state index contributed by atoms with van der Waals surface area (Å²) in [6, 6.07) is 12.6. The maximum absolute atomic E-state index is 11.2. The number of rotatable bonds is 7. The summed E-state index contributed by atoms with van der Waals surface area (Å²) < 4.78 is 0. The molecule has 26 heavy (non-hydrogen) atoms. The molecule has 2 N–H and O–H groups in total. The maximum atomic E-state index is 11.2. The number of hydrogen-bond acceptors (Lipinski definition) is 4. The number of carboxylic acids is 1. The number of carboxylic acid groups (broad SMARTS) is 1. The van der Waals surface area contributed by atoms with Crippen molar-refractivity contribution in [2.75, 3.05) is 32.7 Å². The lowest BCUT2D eigenvalue weighted by atomic mass is 9.76. The van der Waals surface area contributed by atoms with Crippen LogP contribution in [0.4, 0.5) is 0 Å². The molecule has 6 nitrogen and oxygen atoms in total. The van der Waals surface area contributed by atoms with Crippen LogP contribution in [-0.4, -0.2) is 63.8 Å². The van der Waals surface area contributed by atoms with E-state index in [1.807, 2.05) is 6.07 Å². The molecule has 2 aromatic rings. The molecule has 6 heteroatoms. The summed E-state index contributed by atoms with van der Waals surface area (Å²) in [7, 11) is 0. The van der Waals surface area contributed by atoms with Crippen molar-refractivity contribution in [1.29, 1.82) is 0 Å². The fourth-order valence-corrected chi connectivity index (χ4v) is 4.84. The number of H-pyrrole nitrogens is 1. The average molecular weight is 354 g/mol. The van der Waals surface area contributed by atoms with Crippen LogP contribution in [0.1, 0.15) is 17.7 Å². The van der Waals surface area contributed by atoms with Crippen LogP contribution in [0.3, 0.4) is 0 Å². The van der Waals surface area contributed by atoms with Crippen molar-refractivity contribution in [1.82, 2.24) is 20.0 Å². The standard InChI is InChI=1S/C20H26N4O2/c25-19(26)13-24-11-17-10-23(12-18-7-9-21-22-18)14-20(17,15-24)8-6-16-4-2-1-3-5-16/h1-5,7,9,17H,6,8,10-15H2,(H,21,22)(H,25,26). The third kappa shape index (κ3) is 3.66. The number of aromatic amines is 1. The number of aryl methyl sites for hydroxylation is 1. The molecular formula is C20H26N4O2. The first-order valence-electron chi connectivity index (χ1n) is 9.32. The Labute approximate surface area is 153 Å². The summed E-state index contributed by atoms with van der Waals surface area (Å²) in [5.74, 6) is -0.189. The van der Waals surface area contributed by atoms with Crippen LogP contribution in [0, 0.1) is 11.3 Å². The zero-order chi connectivity index (χ0) is 18.0. The number of hydrogen-bond donors (Lipinski definition) is 2. The number of nitrogens with one attached hydrogen (secondary N) is 1. The van der Waals surface area contributed by atoms with E-state index in [4.69, 9.17) is 0 Å². The van der Waals surface area contributed by atoms with E-state index in [0.29, 0.717) is 5.92 Å². The van der Waals surface area contributed by atoms with Crippen LogP contribution >= 0.6 is 0 Å². The number of nitrogens with zero attached hydrogens (tertiary/aromatic N) is 3. The predicted octanol–water partition coefficient (Wildman–Crippen LogP) is 1.86. The fraction of sp³-hybridized carbons (Fsp3) is 0.500. The summed E-state index contributed by atoms with van der Waals surface area (Å²) in [4.78, 5) is 15.8. The van der Waals surface area contributed by atoms with Gasteiger partial charge in [0.25, 0.3) is 0 Å². The molecular weight excluding hydrogens is 328 g/mol. The second-order valence-corrected chi connectivity index (χ2v) is 7.86. The third-order valence-corrected chi connectivity index (χ3v) is 5.97. The average Bonchev–Trinajstić information content (AvgIpc) is 3.29. The monoisotopic (exact) mass is 354 g/mol. The minimum Gasteiger partial charge on any atom is -0.480 e. The molecule has 0 aliphatic carbocycles. The second kappa shape index (κ2) is 7.21. The number of fused-ring (bicyclic) bond motifs is 1. The van der Waals surface area contributed by atoms with Crippen molar-refractivity contribution < 1.29 is 9.90 Å². The normalized spacial score (nSPS) is 26.2. The van der Waals surface area contributed by atoms with Crippen LogP contribution < -0.4 is 0 Å². The molecule has 0 bridgehead atoms. The van der Waals surface area contributed by atoms with Gasteiger partial charge >= 0.3 is 5.97 Å². The van der Waals surface area contributed by atoms with E-state index < -0.39 is 5.97 Å². The van der Waals surface area contributed by atoms with Crippen LogP contribution in [0.2, 0.25) is 0 Å². The van der Waals surface area contributed by atoms with E-state index in [1.165, 1.54) is 5.56 Å². The van der Waals surface area contributed by atoms with Crippen LogP contribution in [-0.2, 0) is 17.8 Å². The summed E-state index contributed by atoms with van der Waals surface area (Å²) >= 11 is 0. The highest BCUT2D eigenvalue weighted by Gasteiger charge is 2.51. The van der Waals surface area contributed by atoms with E-state index >= 15 is 0 Å². The van der Waals surface area contributed by atoms with Gasteiger partial charge in [0.15, 0.2) is 0 Å². The van der Waals surface area contributed by atoms with Gasteiger partial charge in [0.1, 0.15) is 0 Å². The van der Waals surface area contributed by atoms with Crippen molar-refractivity contribution in [2.45, 2.75) is 19.4 Å². The van der Waals surface area contributed by atoms with Gasteiger partial charge < -0.3 is 5.11 Å². The first-order chi connectivity index (χ1) is 12.6.